The number of carbonyl (C=O) groups is 1. The van der Waals surface area contributed by atoms with Crippen LogP contribution in [0.15, 0.2) is 36.5 Å². The standard InChI is InChI=1S/C20H28N2O3/c1-4-22(14-12-20(23)25-6-3)13-11-19-17(15-24-5-2)16-9-7-8-10-18(16)21-19/h7-10,12,14,21H,4-6,11,13,15H2,1-3H3/b14-12+. The second kappa shape index (κ2) is 9.89. The van der Waals surface area contributed by atoms with Crippen LogP contribution in [0.1, 0.15) is 32.0 Å². The van der Waals surface area contributed by atoms with Crippen LogP contribution in [-0.2, 0) is 27.3 Å². The molecule has 0 radical (unpaired) electrons. The van der Waals surface area contributed by atoms with Gasteiger partial charge in [-0.1, -0.05) is 18.2 Å². The molecule has 0 amide bonds. The number of carbonyl (C=O) groups excluding carboxylic acids is 1. The first-order chi connectivity index (χ1) is 12.2. The van der Waals surface area contributed by atoms with Crippen molar-refractivity contribution in [3.8, 4) is 0 Å². The van der Waals surface area contributed by atoms with E-state index in [1.54, 1.807) is 6.92 Å². The quantitative estimate of drug-likeness (QED) is 0.528. The van der Waals surface area contributed by atoms with Gasteiger partial charge in [-0.05, 0) is 26.8 Å². The van der Waals surface area contributed by atoms with E-state index >= 15 is 0 Å². The largest absolute Gasteiger partial charge is 0.463 e. The van der Waals surface area contributed by atoms with Crippen molar-refractivity contribution in [2.24, 2.45) is 0 Å². The Hall–Kier alpha value is -2.27. The van der Waals surface area contributed by atoms with Crippen LogP contribution in [0.4, 0.5) is 0 Å². The molecular weight excluding hydrogens is 316 g/mol. The van der Waals surface area contributed by atoms with E-state index in [1.165, 1.54) is 22.7 Å². The summed E-state index contributed by atoms with van der Waals surface area (Å²) in [7, 11) is 0. The molecule has 5 heteroatoms. The molecule has 0 unspecified atom stereocenters. The molecule has 136 valence electrons. The van der Waals surface area contributed by atoms with Gasteiger partial charge in [-0.15, -0.1) is 0 Å². The molecule has 0 fully saturated rings. The van der Waals surface area contributed by atoms with E-state index in [2.05, 4.69) is 35.0 Å². The number of ether oxygens (including phenoxy) is 2. The van der Waals surface area contributed by atoms with Crippen molar-refractivity contribution in [1.82, 2.24) is 9.88 Å². The number of aromatic nitrogens is 1. The molecule has 2 aromatic rings. The summed E-state index contributed by atoms with van der Waals surface area (Å²) in [5, 5.41) is 1.22. The predicted octanol–water partition coefficient (Wildman–Crippen LogP) is 3.65. The van der Waals surface area contributed by atoms with Crippen LogP contribution >= 0.6 is 0 Å². The van der Waals surface area contributed by atoms with Gasteiger partial charge < -0.3 is 19.4 Å². The number of likely N-dealkylation sites (N-methyl/N-ethyl adjacent to an activating group) is 1. The van der Waals surface area contributed by atoms with Crippen LogP contribution in [0, 0.1) is 0 Å². The maximum absolute atomic E-state index is 11.5. The normalized spacial score (nSPS) is 11.3. The van der Waals surface area contributed by atoms with Crippen LogP contribution < -0.4 is 0 Å². The van der Waals surface area contributed by atoms with E-state index in [-0.39, 0.29) is 5.97 Å². The Balaban J connectivity index is 2.09. The minimum atomic E-state index is -0.302. The van der Waals surface area contributed by atoms with Crippen molar-refractivity contribution in [3.05, 3.63) is 47.8 Å². The highest BCUT2D eigenvalue weighted by Crippen LogP contribution is 2.23. The number of fused-ring (bicyclic) bond motifs is 1. The van der Waals surface area contributed by atoms with E-state index in [1.807, 2.05) is 19.2 Å². The Morgan fingerprint density at radius 1 is 1.20 bits per heavy atom. The van der Waals surface area contributed by atoms with Crippen molar-refractivity contribution < 1.29 is 14.3 Å². The first-order valence-corrected chi connectivity index (χ1v) is 8.94. The molecule has 5 nitrogen and oxygen atoms in total. The van der Waals surface area contributed by atoms with Crippen molar-refractivity contribution in [3.63, 3.8) is 0 Å². The Bertz CT molecular complexity index is 706. The summed E-state index contributed by atoms with van der Waals surface area (Å²) >= 11 is 0. The van der Waals surface area contributed by atoms with Gasteiger partial charge in [0.05, 0.1) is 13.2 Å². The predicted molar refractivity (Wildman–Crippen MR) is 100 cm³/mol. The second-order valence-electron chi connectivity index (χ2n) is 5.71. The van der Waals surface area contributed by atoms with Crippen molar-refractivity contribution in [2.45, 2.75) is 33.8 Å². The summed E-state index contributed by atoms with van der Waals surface area (Å²) < 4.78 is 10.6. The first kappa shape index (κ1) is 19.1. The number of benzene rings is 1. The van der Waals surface area contributed by atoms with E-state index < -0.39 is 0 Å². The molecule has 1 aromatic heterocycles. The summed E-state index contributed by atoms with van der Waals surface area (Å²) in [5.74, 6) is -0.302. The van der Waals surface area contributed by atoms with Crippen molar-refractivity contribution in [1.29, 1.82) is 0 Å². The third-order valence-corrected chi connectivity index (χ3v) is 4.12. The lowest BCUT2D eigenvalue weighted by Crippen LogP contribution is -2.21. The molecule has 1 heterocycles. The van der Waals surface area contributed by atoms with Crippen LogP contribution in [-0.4, -0.2) is 42.2 Å². The zero-order chi connectivity index (χ0) is 18.1. The van der Waals surface area contributed by atoms with Gasteiger partial charge in [0, 0.05) is 60.6 Å². The van der Waals surface area contributed by atoms with E-state index in [0.717, 1.165) is 25.0 Å². The lowest BCUT2D eigenvalue weighted by atomic mass is 10.1. The van der Waals surface area contributed by atoms with Crippen LogP contribution in [0.5, 0.6) is 0 Å². The average Bonchev–Trinajstić information content (AvgIpc) is 2.98. The van der Waals surface area contributed by atoms with Crippen molar-refractivity contribution in [2.75, 3.05) is 26.3 Å². The molecule has 1 aromatic carbocycles. The van der Waals surface area contributed by atoms with Gasteiger partial charge in [0.15, 0.2) is 0 Å². The number of rotatable bonds is 10. The van der Waals surface area contributed by atoms with Gasteiger partial charge in [0.25, 0.3) is 0 Å². The topological polar surface area (TPSA) is 54.6 Å². The van der Waals surface area contributed by atoms with E-state index in [4.69, 9.17) is 9.47 Å². The van der Waals surface area contributed by atoms with E-state index in [9.17, 15) is 4.79 Å². The molecule has 0 aliphatic heterocycles. The molecule has 1 N–H and O–H groups in total. The Kier molecular flexibility index (Phi) is 7.54. The Morgan fingerprint density at radius 3 is 2.72 bits per heavy atom. The van der Waals surface area contributed by atoms with Gasteiger partial charge in [-0.2, -0.15) is 0 Å². The zero-order valence-electron chi connectivity index (χ0n) is 15.4. The Labute approximate surface area is 149 Å². The summed E-state index contributed by atoms with van der Waals surface area (Å²) in [6.07, 6.45) is 4.15. The highest BCUT2D eigenvalue weighted by molar-refractivity contribution is 5.84. The van der Waals surface area contributed by atoms with Crippen LogP contribution in [0.2, 0.25) is 0 Å². The number of aromatic amines is 1. The number of nitrogens with one attached hydrogen (secondary N) is 1. The fourth-order valence-electron chi connectivity index (χ4n) is 2.79. The van der Waals surface area contributed by atoms with Gasteiger partial charge in [0.2, 0.25) is 0 Å². The zero-order valence-corrected chi connectivity index (χ0v) is 15.4. The molecule has 0 bridgehead atoms. The molecule has 0 aliphatic carbocycles. The summed E-state index contributed by atoms with van der Waals surface area (Å²) in [6.45, 7) is 9.23. The summed E-state index contributed by atoms with van der Waals surface area (Å²) in [6, 6.07) is 8.30. The molecule has 0 saturated carbocycles. The van der Waals surface area contributed by atoms with Crippen molar-refractivity contribution >= 4 is 16.9 Å². The number of nitrogens with zero attached hydrogens (tertiary/aromatic N) is 1. The fourth-order valence-corrected chi connectivity index (χ4v) is 2.79. The van der Waals surface area contributed by atoms with Crippen LogP contribution in [0.25, 0.3) is 10.9 Å². The maximum atomic E-state index is 11.5. The smallest absolute Gasteiger partial charge is 0.332 e. The SMILES string of the molecule is CCOCc1c(CCN(/C=C/C(=O)OCC)CC)[nH]c2ccccc12. The first-order valence-electron chi connectivity index (χ1n) is 8.94. The lowest BCUT2D eigenvalue weighted by molar-refractivity contribution is -0.137. The molecule has 25 heavy (non-hydrogen) atoms. The highest BCUT2D eigenvalue weighted by atomic mass is 16.5. The van der Waals surface area contributed by atoms with Gasteiger partial charge in [0.1, 0.15) is 0 Å². The van der Waals surface area contributed by atoms with Gasteiger partial charge in [-0.3, -0.25) is 0 Å². The summed E-state index contributed by atoms with van der Waals surface area (Å²) in [5.41, 5.74) is 3.55. The van der Waals surface area contributed by atoms with Gasteiger partial charge in [-0.25, -0.2) is 4.79 Å². The summed E-state index contributed by atoms with van der Waals surface area (Å²) in [4.78, 5) is 17.1. The average molecular weight is 344 g/mol. The lowest BCUT2D eigenvalue weighted by Gasteiger charge is -2.18. The monoisotopic (exact) mass is 344 g/mol. The number of H-pyrrole nitrogens is 1. The number of hydrogen-bond acceptors (Lipinski definition) is 4. The number of para-hydroxylation sites is 1. The minimum Gasteiger partial charge on any atom is -0.463 e. The van der Waals surface area contributed by atoms with Gasteiger partial charge >= 0.3 is 5.97 Å². The molecule has 0 atom stereocenters. The maximum Gasteiger partial charge on any atom is 0.332 e. The molecule has 0 spiro atoms. The van der Waals surface area contributed by atoms with Crippen LogP contribution in [0.3, 0.4) is 0 Å². The molecule has 0 aliphatic rings. The number of hydrogen-bond donors (Lipinski definition) is 1. The highest BCUT2D eigenvalue weighted by Gasteiger charge is 2.12. The molecule has 0 saturated heterocycles. The van der Waals surface area contributed by atoms with E-state index in [0.29, 0.717) is 19.8 Å². The molecule has 2 rings (SSSR count). The third kappa shape index (κ3) is 5.36. The third-order valence-electron chi connectivity index (χ3n) is 4.12. The Morgan fingerprint density at radius 2 is 2.00 bits per heavy atom. The molecular formula is C20H28N2O3. The minimum absolute atomic E-state index is 0.302. The second-order valence-corrected chi connectivity index (χ2v) is 5.71. The number of esters is 1. The fraction of sp³-hybridized carbons (Fsp3) is 0.450.